The molecule has 7 nitrogen and oxygen atoms in total. The fraction of sp³-hybridized carbons (Fsp3) is 0.265. The van der Waals surface area contributed by atoms with Gasteiger partial charge in [-0.1, -0.05) is 30.3 Å². The van der Waals surface area contributed by atoms with Gasteiger partial charge in [0.25, 0.3) is 0 Å². The van der Waals surface area contributed by atoms with Crippen LogP contribution in [-0.2, 0) is 19.6 Å². The number of benzene rings is 3. The summed E-state index contributed by atoms with van der Waals surface area (Å²) in [7, 11) is 4.09. The fourth-order valence-corrected chi connectivity index (χ4v) is 5.40. The Balaban J connectivity index is 1.26. The van der Waals surface area contributed by atoms with Crippen LogP contribution in [0, 0.1) is 18.6 Å². The molecule has 1 fully saturated rings. The van der Waals surface area contributed by atoms with Gasteiger partial charge in [0.2, 0.25) is 5.88 Å². The molecule has 0 atom stereocenters. The maximum Gasteiger partial charge on any atom is 0.335 e. The fourth-order valence-electron chi connectivity index (χ4n) is 5.40. The van der Waals surface area contributed by atoms with Crippen molar-refractivity contribution in [3.63, 3.8) is 0 Å². The molecule has 6 rings (SSSR count). The van der Waals surface area contributed by atoms with Crippen molar-refractivity contribution in [1.29, 1.82) is 0 Å². The van der Waals surface area contributed by atoms with Gasteiger partial charge in [0.15, 0.2) is 0 Å². The number of carboxylic acid groups (broad SMARTS) is 1. The van der Waals surface area contributed by atoms with Crippen molar-refractivity contribution in [2.45, 2.75) is 44.9 Å². The third kappa shape index (κ3) is 5.85. The molecule has 0 saturated heterocycles. The number of fused-ring (bicyclic) bond motifs is 1. The van der Waals surface area contributed by atoms with Crippen LogP contribution in [-0.4, -0.2) is 50.1 Å². The van der Waals surface area contributed by atoms with Crippen molar-refractivity contribution >= 4 is 17.0 Å². The molecule has 5 aromatic rings. The zero-order chi connectivity index (χ0) is 30.3. The monoisotopic (exact) mass is 582 g/mol. The number of likely N-dealkylation sites (N-methyl/N-ethyl adjacent to an activating group) is 1. The van der Waals surface area contributed by atoms with Gasteiger partial charge in [-0.15, -0.1) is 0 Å². The summed E-state index contributed by atoms with van der Waals surface area (Å²) in [6, 6.07) is 20.1. The molecule has 0 amide bonds. The van der Waals surface area contributed by atoms with Gasteiger partial charge in [-0.2, -0.15) is 0 Å². The summed E-state index contributed by atoms with van der Waals surface area (Å²) in [4.78, 5) is 23.2. The van der Waals surface area contributed by atoms with Gasteiger partial charge >= 0.3 is 5.97 Å². The average Bonchev–Trinajstić information content (AvgIpc) is 3.70. The van der Waals surface area contributed by atoms with E-state index in [1.54, 1.807) is 48.5 Å². The van der Waals surface area contributed by atoms with Crippen molar-refractivity contribution in [3.8, 4) is 17.1 Å². The molecule has 0 spiro atoms. The molecule has 2 heterocycles. The van der Waals surface area contributed by atoms with E-state index in [-0.39, 0.29) is 29.9 Å². The highest BCUT2D eigenvalue weighted by molar-refractivity contribution is 5.92. The van der Waals surface area contributed by atoms with Crippen molar-refractivity contribution < 1.29 is 23.4 Å². The Morgan fingerprint density at radius 3 is 2.44 bits per heavy atom. The van der Waals surface area contributed by atoms with E-state index in [1.165, 1.54) is 12.1 Å². The average molecular weight is 583 g/mol. The lowest BCUT2D eigenvalue weighted by Gasteiger charge is -2.25. The van der Waals surface area contributed by atoms with Gasteiger partial charge < -0.3 is 19.3 Å². The number of pyridine rings is 1. The summed E-state index contributed by atoms with van der Waals surface area (Å²) in [6.45, 7) is 2.49. The largest absolute Gasteiger partial charge is 0.478 e. The molecule has 220 valence electrons. The summed E-state index contributed by atoms with van der Waals surface area (Å²) in [5, 5.41) is 9.57. The minimum absolute atomic E-state index is 0.0277. The van der Waals surface area contributed by atoms with Gasteiger partial charge in [-0.3, -0.25) is 0 Å². The Kier molecular flexibility index (Phi) is 7.43. The highest BCUT2D eigenvalue weighted by Crippen LogP contribution is 2.42. The molecule has 0 bridgehead atoms. The SMILES string of the molecule is Cc1ccc(COc2cccc(-c3ccc(Cc4nc5ccc(C(=O)O)cc5n4CC4(N(C)C)CC4)c(F)c3)n2)c(F)c1. The van der Waals surface area contributed by atoms with Gasteiger partial charge in [0, 0.05) is 35.7 Å². The molecule has 0 radical (unpaired) electrons. The van der Waals surface area contributed by atoms with Gasteiger partial charge in [0.1, 0.15) is 24.1 Å². The van der Waals surface area contributed by atoms with Crippen LogP contribution in [0.3, 0.4) is 0 Å². The summed E-state index contributed by atoms with van der Waals surface area (Å²) < 4.78 is 37.6. The molecule has 2 aromatic heterocycles. The highest BCUT2D eigenvalue weighted by Gasteiger charge is 2.45. The first-order valence-electron chi connectivity index (χ1n) is 14.2. The number of halogens is 2. The predicted molar refractivity (Wildman–Crippen MR) is 160 cm³/mol. The predicted octanol–water partition coefficient (Wildman–Crippen LogP) is 6.65. The Hall–Kier alpha value is -4.63. The number of aryl methyl sites for hydroxylation is 1. The van der Waals surface area contributed by atoms with E-state index in [4.69, 9.17) is 9.72 Å². The number of imidazole rings is 1. The first-order valence-corrected chi connectivity index (χ1v) is 14.2. The molecule has 9 heteroatoms. The van der Waals surface area contributed by atoms with Crippen LogP contribution in [0.25, 0.3) is 22.3 Å². The molecule has 0 aliphatic heterocycles. The third-order valence-electron chi connectivity index (χ3n) is 8.31. The number of aromatic carboxylic acids is 1. The number of hydrogen-bond acceptors (Lipinski definition) is 5. The van der Waals surface area contributed by atoms with E-state index in [0.717, 1.165) is 23.9 Å². The highest BCUT2D eigenvalue weighted by atomic mass is 19.1. The van der Waals surface area contributed by atoms with Crippen LogP contribution >= 0.6 is 0 Å². The molecule has 1 aliphatic rings. The summed E-state index contributed by atoms with van der Waals surface area (Å²) in [5.41, 5.74) is 4.40. The van der Waals surface area contributed by atoms with Crippen LogP contribution in [0.1, 0.15) is 45.7 Å². The molecular formula is C34H32F2N4O3. The van der Waals surface area contributed by atoms with Crippen LogP contribution in [0.4, 0.5) is 8.78 Å². The summed E-state index contributed by atoms with van der Waals surface area (Å²) >= 11 is 0. The number of carbonyl (C=O) groups is 1. The zero-order valence-corrected chi connectivity index (χ0v) is 24.3. The number of nitrogens with zero attached hydrogens (tertiary/aromatic N) is 4. The van der Waals surface area contributed by atoms with Crippen LogP contribution in [0.5, 0.6) is 5.88 Å². The van der Waals surface area contributed by atoms with Crippen molar-refractivity contribution in [2.75, 3.05) is 14.1 Å². The number of ether oxygens (including phenoxy) is 1. The van der Waals surface area contributed by atoms with E-state index < -0.39 is 11.8 Å². The number of rotatable bonds is 10. The zero-order valence-electron chi connectivity index (χ0n) is 24.3. The van der Waals surface area contributed by atoms with E-state index in [9.17, 15) is 14.3 Å². The molecule has 1 N–H and O–H groups in total. The topological polar surface area (TPSA) is 80.5 Å². The second-order valence-corrected chi connectivity index (χ2v) is 11.5. The van der Waals surface area contributed by atoms with E-state index >= 15 is 4.39 Å². The van der Waals surface area contributed by atoms with Crippen LogP contribution < -0.4 is 4.74 Å². The van der Waals surface area contributed by atoms with E-state index in [0.29, 0.717) is 46.2 Å². The molecule has 0 unspecified atom stereocenters. The minimum atomic E-state index is -1.00. The van der Waals surface area contributed by atoms with Crippen LogP contribution in [0.15, 0.2) is 72.8 Å². The quantitative estimate of drug-likeness (QED) is 0.199. The molecule has 43 heavy (non-hydrogen) atoms. The lowest BCUT2D eigenvalue weighted by molar-refractivity contribution is 0.0697. The Bertz CT molecular complexity index is 1850. The van der Waals surface area contributed by atoms with Gasteiger partial charge in [-0.05, 0) is 81.4 Å². The van der Waals surface area contributed by atoms with Crippen molar-refractivity contribution in [3.05, 3.63) is 113 Å². The van der Waals surface area contributed by atoms with Gasteiger partial charge in [0.05, 0.1) is 22.3 Å². The third-order valence-corrected chi connectivity index (χ3v) is 8.31. The maximum absolute atomic E-state index is 15.6. The standard InChI is InChI=1S/C34H32F2N4O3/c1-21-7-8-25(26(35)15-21)19-43-32-6-4-5-28(38-32)23-10-9-22(27(36)16-23)18-31-37-29-12-11-24(33(41)42)17-30(29)40(31)20-34(13-14-34)39(2)3/h4-12,15-17H,13-14,18-20H2,1-3H3,(H,41,42). The molecular weight excluding hydrogens is 550 g/mol. The van der Waals surface area contributed by atoms with E-state index in [2.05, 4.69) is 9.88 Å². The maximum atomic E-state index is 15.6. The van der Waals surface area contributed by atoms with E-state index in [1.807, 2.05) is 37.7 Å². The Morgan fingerprint density at radius 2 is 1.74 bits per heavy atom. The first kappa shape index (κ1) is 28.5. The lowest BCUT2D eigenvalue weighted by Crippen LogP contribution is -2.35. The number of hydrogen-bond donors (Lipinski definition) is 1. The minimum Gasteiger partial charge on any atom is -0.478 e. The lowest BCUT2D eigenvalue weighted by atomic mass is 10.1. The Morgan fingerprint density at radius 1 is 0.977 bits per heavy atom. The second kappa shape index (κ2) is 11.2. The molecule has 1 saturated carbocycles. The molecule has 3 aromatic carbocycles. The smallest absolute Gasteiger partial charge is 0.335 e. The Labute approximate surface area is 248 Å². The second-order valence-electron chi connectivity index (χ2n) is 11.5. The summed E-state index contributed by atoms with van der Waals surface area (Å²) in [5.74, 6) is -0.748. The number of carboxylic acids is 1. The van der Waals surface area contributed by atoms with Gasteiger partial charge in [-0.25, -0.2) is 23.5 Å². The molecule has 1 aliphatic carbocycles. The number of aromatic nitrogens is 3. The first-order chi connectivity index (χ1) is 20.6. The van der Waals surface area contributed by atoms with Crippen LogP contribution in [0.2, 0.25) is 0 Å². The summed E-state index contributed by atoms with van der Waals surface area (Å²) in [6.07, 6.45) is 2.29. The normalized spacial score (nSPS) is 13.9. The van der Waals surface area contributed by atoms with Crippen molar-refractivity contribution in [1.82, 2.24) is 19.4 Å². The van der Waals surface area contributed by atoms with Crippen molar-refractivity contribution in [2.24, 2.45) is 0 Å².